The fourth-order valence-corrected chi connectivity index (χ4v) is 4.95. The van der Waals surface area contributed by atoms with Gasteiger partial charge in [0.2, 0.25) is 11.8 Å². The lowest BCUT2D eigenvalue weighted by molar-refractivity contribution is -0.140. The first kappa shape index (κ1) is 28.3. The third-order valence-corrected chi connectivity index (χ3v) is 6.85. The van der Waals surface area contributed by atoms with Crippen molar-refractivity contribution >= 4 is 23.6 Å². The molecule has 0 aliphatic heterocycles. The molecule has 2 amide bonds. The SMILES string of the molecule is COc1ccc(CSCC(=O)N(Cc2cccc(C)c2)[C@@H](Cc2ccccc2)C(=O)NC(C)(C)C)cc1. The van der Waals surface area contributed by atoms with E-state index < -0.39 is 11.6 Å². The van der Waals surface area contributed by atoms with Gasteiger partial charge in [-0.1, -0.05) is 72.3 Å². The molecule has 0 bridgehead atoms. The topological polar surface area (TPSA) is 58.6 Å². The Balaban J connectivity index is 1.85. The van der Waals surface area contributed by atoms with Gasteiger partial charge in [0.25, 0.3) is 0 Å². The molecule has 0 saturated heterocycles. The third-order valence-electron chi connectivity index (χ3n) is 5.86. The van der Waals surface area contributed by atoms with Gasteiger partial charge in [-0.15, -0.1) is 11.8 Å². The number of methoxy groups -OCH3 is 1. The number of hydrogen-bond donors (Lipinski definition) is 1. The van der Waals surface area contributed by atoms with E-state index in [4.69, 9.17) is 4.74 Å². The van der Waals surface area contributed by atoms with E-state index in [1.807, 2.05) is 100 Å². The zero-order valence-electron chi connectivity index (χ0n) is 22.5. The Kier molecular flexibility index (Phi) is 10.2. The molecule has 3 aromatic rings. The molecule has 0 radical (unpaired) electrons. The summed E-state index contributed by atoms with van der Waals surface area (Å²) in [6, 6.07) is 25.3. The third kappa shape index (κ3) is 9.29. The maximum Gasteiger partial charge on any atom is 0.243 e. The van der Waals surface area contributed by atoms with Crippen molar-refractivity contribution in [2.75, 3.05) is 12.9 Å². The highest BCUT2D eigenvalue weighted by molar-refractivity contribution is 7.99. The summed E-state index contributed by atoms with van der Waals surface area (Å²) < 4.78 is 5.23. The summed E-state index contributed by atoms with van der Waals surface area (Å²) in [6.07, 6.45) is 0.448. The van der Waals surface area contributed by atoms with Gasteiger partial charge in [0.05, 0.1) is 12.9 Å². The van der Waals surface area contributed by atoms with Crippen LogP contribution < -0.4 is 10.1 Å². The lowest BCUT2D eigenvalue weighted by Gasteiger charge is -2.34. The highest BCUT2D eigenvalue weighted by Crippen LogP contribution is 2.21. The van der Waals surface area contributed by atoms with Crippen LogP contribution in [0.25, 0.3) is 0 Å². The zero-order chi connectivity index (χ0) is 26.8. The Hall–Kier alpha value is -3.25. The number of nitrogens with zero attached hydrogens (tertiary/aromatic N) is 1. The first-order valence-electron chi connectivity index (χ1n) is 12.6. The quantitative estimate of drug-likeness (QED) is 0.349. The van der Waals surface area contributed by atoms with Crippen LogP contribution in [0.1, 0.15) is 43.0 Å². The second kappa shape index (κ2) is 13.3. The van der Waals surface area contributed by atoms with E-state index >= 15 is 0 Å². The second-order valence-electron chi connectivity index (χ2n) is 10.3. The highest BCUT2D eigenvalue weighted by atomic mass is 32.2. The van der Waals surface area contributed by atoms with Crippen molar-refractivity contribution in [1.82, 2.24) is 10.2 Å². The molecule has 6 heteroatoms. The van der Waals surface area contributed by atoms with Crippen molar-refractivity contribution in [2.45, 2.75) is 58.0 Å². The molecule has 0 saturated carbocycles. The molecule has 0 fully saturated rings. The summed E-state index contributed by atoms with van der Waals surface area (Å²) in [5, 5.41) is 3.11. The van der Waals surface area contributed by atoms with Gasteiger partial charge in [-0.25, -0.2) is 0 Å². The molecule has 0 heterocycles. The fourth-order valence-electron chi connectivity index (χ4n) is 4.07. The van der Waals surface area contributed by atoms with Crippen LogP contribution in [0.2, 0.25) is 0 Å². The Morgan fingerprint density at radius 2 is 1.59 bits per heavy atom. The van der Waals surface area contributed by atoms with Crippen LogP contribution in [0.3, 0.4) is 0 Å². The standard InChI is InChI=1S/C31H38N2O3S/c1-23-10-9-13-26(18-23)20-33(29(34)22-37-21-25-14-16-27(36-5)17-15-25)28(30(35)32-31(2,3)4)19-24-11-7-6-8-12-24/h6-18,28H,19-22H2,1-5H3,(H,32,35)/t28-/m0/s1. The molecule has 196 valence electrons. The average molecular weight is 519 g/mol. The molecule has 1 atom stereocenters. The van der Waals surface area contributed by atoms with Crippen LogP contribution >= 0.6 is 11.8 Å². The largest absolute Gasteiger partial charge is 0.497 e. The molecule has 1 N–H and O–H groups in total. The minimum atomic E-state index is -0.628. The molecule has 3 rings (SSSR count). The fraction of sp³-hybridized carbons (Fsp3) is 0.355. The molecule has 0 aliphatic rings. The van der Waals surface area contributed by atoms with Crippen LogP contribution in [-0.2, 0) is 28.3 Å². The number of amides is 2. The van der Waals surface area contributed by atoms with Crippen molar-refractivity contribution in [3.8, 4) is 5.75 Å². The van der Waals surface area contributed by atoms with E-state index in [9.17, 15) is 9.59 Å². The minimum Gasteiger partial charge on any atom is -0.497 e. The Labute approximate surface area is 225 Å². The summed E-state index contributed by atoms with van der Waals surface area (Å²) in [5.74, 6) is 1.60. The van der Waals surface area contributed by atoms with Gasteiger partial charge >= 0.3 is 0 Å². The van der Waals surface area contributed by atoms with Crippen LogP contribution in [0.5, 0.6) is 5.75 Å². The monoisotopic (exact) mass is 518 g/mol. The van der Waals surface area contributed by atoms with Crippen LogP contribution in [0.4, 0.5) is 0 Å². The molecule has 0 spiro atoms. The van der Waals surface area contributed by atoms with E-state index in [0.717, 1.165) is 28.0 Å². The number of benzene rings is 3. The van der Waals surface area contributed by atoms with Gasteiger partial charge in [0.1, 0.15) is 11.8 Å². The summed E-state index contributed by atoms with van der Waals surface area (Å²) >= 11 is 1.55. The van der Waals surface area contributed by atoms with Gasteiger partial charge in [0, 0.05) is 24.3 Å². The molecule has 3 aromatic carbocycles. The van der Waals surface area contributed by atoms with Crippen LogP contribution in [0, 0.1) is 6.92 Å². The molecule has 5 nitrogen and oxygen atoms in total. The number of carbonyl (C=O) groups excluding carboxylic acids is 2. The van der Waals surface area contributed by atoms with Crippen LogP contribution in [-0.4, -0.2) is 41.2 Å². The van der Waals surface area contributed by atoms with Crippen molar-refractivity contribution in [1.29, 1.82) is 0 Å². The Morgan fingerprint density at radius 1 is 0.919 bits per heavy atom. The van der Waals surface area contributed by atoms with Gasteiger partial charge in [-0.2, -0.15) is 0 Å². The van der Waals surface area contributed by atoms with Gasteiger partial charge in [0.15, 0.2) is 0 Å². The first-order chi connectivity index (χ1) is 17.6. The van der Waals surface area contributed by atoms with Crippen molar-refractivity contribution in [3.05, 3.63) is 101 Å². The van der Waals surface area contributed by atoms with Crippen molar-refractivity contribution < 1.29 is 14.3 Å². The highest BCUT2D eigenvalue weighted by Gasteiger charge is 2.32. The number of aryl methyl sites for hydroxylation is 1. The molecule has 0 aliphatic carbocycles. The lowest BCUT2D eigenvalue weighted by atomic mass is 10.0. The van der Waals surface area contributed by atoms with E-state index in [1.165, 1.54) is 0 Å². The summed E-state index contributed by atoms with van der Waals surface area (Å²) in [7, 11) is 1.65. The van der Waals surface area contributed by atoms with E-state index in [0.29, 0.717) is 18.7 Å². The number of carbonyl (C=O) groups is 2. The van der Waals surface area contributed by atoms with E-state index in [1.54, 1.807) is 23.8 Å². The van der Waals surface area contributed by atoms with Crippen molar-refractivity contribution in [3.63, 3.8) is 0 Å². The van der Waals surface area contributed by atoms with E-state index in [2.05, 4.69) is 11.4 Å². The second-order valence-corrected chi connectivity index (χ2v) is 11.3. The molecular formula is C31H38N2O3S. The Morgan fingerprint density at radius 3 is 2.22 bits per heavy atom. The Bertz CT molecular complexity index is 1160. The minimum absolute atomic E-state index is 0.0509. The maximum atomic E-state index is 13.7. The molecule has 0 aromatic heterocycles. The smallest absolute Gasteiger partial charge is 0.243 e. The zero-order valence-corrected chi connectivity index (χ0v) is 23.3. The number of ether oxygens (including phenoxy) is 1. The number of thioether (sulfide) groups is 1. The summed E-state index contributed by atoms with van der Waals surface area (Å²) in [4.78, 5) is 29.1. The first-order valence-corrected chi connectivity index (χ1v) is 13.7. The lowest BCUT2D eigenvalue weighted by Crippen LogP contribution is -2.54. The number of hydrogen-bond acceptors (Lipinski definition) is 4. The number of nitrogens with one attached hydrogen (secondary N) is 1. The van der Waals surface area contributed by atoms with Crippen molar-refractivity contribution in [2.24, 2.45) is 0 Å². The molecule has 37 heavy (non-hydrogen) atoms. The van der Waals surface area contributed by atoms with E-state index in [-0.39, 0.29) is 17.6 Å². The van der Waals surface area contributed by atoms with Gasteiger partial charge < -0.3 is 15.0 Å². The van der Waals surface area contributed by atoms with Gasteiger partial charge in [-0.3, -0.25) is 9.59 Å². The summed E-state index contributed by atoms with van der Waals surface area (Å²) in [5.41, 5.74) is 3.86. The maximum absolute atomic E-state index is 13.7. The predicted molar refractivity (Wildman–Crippen MR) is 153 cm³/mol. The van der Waals surface area contributed by atoms with Crippen LogP contribution in [0.15, 0.2) is 78.9 Å². The molecule has 0 unspecified atom stereocenters. The summed E-state index contributed by atoms with van der Waals surface area (Å²) in [6.45, 7) is 8.29. The average Bonchev–Trinajstić information content (AvgIpc) is 2.86. The van der Waals surface area contributed by atoms with Gasteiger partial charge in [-0.05, 0) is 56.5 Å². The normalized spacial score (nSPS) is 12.0. The number of rotatable bonds is 11. The predicted octanol–water partition coefficient (Wildman–Crippen LogP) is 5.79. The molecular weight excluding hydrogens is 480 g/mol.